The lowest BCUT2D eigenvalue weighted by Crippen LogP contribution is -2.37. The van der Waals surface area contributed by atoms with Crippen molar-refractivity contribution in [3.63, 3.8) is 0 Å². The molecule has 0 N–H and O–H groups in total. The lowest BCUT2D eigenvalue weighted by atomic mass is 9.78. The molecule has 1 unspecified atom stereocenters. The molecular formula is C16H16F2O2S. The SMILES string of the molecule is CCOC(=O)C(C)(Cc1cccs1)c1cc(F)ccc1F. The predicted molar refractivity (Wildman–Crippen MR) is 78.4 cm³/mol. The van der Waals surface area contributed by atoms with E-state index in [1.165, 1.54) is 11.3 Å². The zero-order valence-electron chi connectivity index (χ0n) is 11.9. The predicted octanol–water partition coefficient (Wildman–Crippen LogP) is 4.09. The number of carbonyl (C=O) groups is 1. The van der Waals surface area contributed by atoms with Crippen molar-refractivity contribution in [2.75, 3.05) is 6.61 Å². The molecule has 21 heavy (non-hydrogen) atoms. The van der Waals surface area contributed by atoms with Crippen LogP contribution in [0.3, 0.4) is 0 Å². The highest BCUT2D eigenvalue weighted by Crippen LogP contribution is 2.33. The van der Waals surface area contributed by atoms with Crippen molar-refractivity contribution in [1.29, 1.82) is 0 Å². The highest BCUT2D eigenvalue weighted by atomic mass is 32.1. The monoisotopic (exact) mass is 310 g/mol. The minimum absolute atomic E-state index is 0.0225. The number of rotatable bonds is 5. The molecule has 0 aliphatic heterocycles. The summed E-state index contributed by atoms with van der Waals surface area (Å²) >= 11 is 1.47. The molecule has 0 saturated carbocycles. The lowest BCUT2D eigenvalue weighted by molar-refractivity contribution is -0.149. The quantitative estimate of drug-likeness (QED) is 0.778. The van der Waals surface area contributed by atoms with Gasteiger partial charge in [-0.2, -0.15) is 0 Å². The Bertz CT molecular complexity index is 625. The Kier molecular flexibility index (Phi) is 4.73. The van der Waals surface area contributed by atoms with E-state index >= 15 is 0 Å². The van der Waals surface area contributed by atoms with E-state index in [-0.39, 0.29) is 18.6 Å². The molecule has 2 rings (SSSR count). The van der Waals surface area contributed by atoms with Crippen LogP contribution in [0.15, 0.2) is 35.7 Å². The van der Waals surface area contributed by atoms with Gasteiger partial charge >= 0.3 is 5.97 Å². The Morgan fingerprint density at radius 2 is 2.10 bits per heavy atom. The van der Waals surface area contributed by atoms with Crippen LogP contribution in [0.2, 0.25) is 0 Å². The molecule has 1 heterocycles. The summed E-state index contributed by atoms with van der Waals surface area (Å²) in [5, 5.41) is 1.88. The second-order valence-corrected chi connectivity index (χ2v) is 5.97. The topological polar surface area (TPSA) is 26.3 Å². The first-order chi connectivity index (χ1) is 9.97. The Labute approximate surface area is 126 Å². The zero-order valence-corrected chi connectivity index (χ0v) is 12.7. The summed E-state index contributed by atoms with van der Waals surface area (Å²) in [6, 6.07) is 6.86. The van der Waals surface area contributed by atoms with Crippen LogP contribution in [-0.4, -0.2) is 12.6 Å². The Morgan fingerprint density at radius 1 is 1.33 bits per heavy atom. The van der Waals surface area contributed by atoms with Gasteiger partial charge in [-0.05, 0) is 43.5 Å². The molecule has 0 aliphatic rings. The summed E-state index contributed by atoms with van der Waals surface area (Å²) in [4.78, 5) is 13.3. The summed E-state index contributed by atoms with van der Waals surface area (Å²) in [5.74, 6) is -1.74. The third-order valence-corrected chi connectivity index (χ3v) is 4.23. The number of halogens is 2. The van der Waals surface area contributed by atoms with Gasteiger partial charge in [-0.1, -0.05) is 6.07 Å². The number of hydrogen-bond donors (Lipinski definition) is 0. The minimum Gasteiger partial charge on any atom is -0.465 e. The summed E-state index contributed by atoms with van der Waals surface area (Å²) in [6.45, 7) is 3.46. The molecule has 0 spiro atoms. The van der Waals surface area contributed by atoms with Crippen molar-refractivity contribution in [2.24, 2.45) is 0 Å². The number of ether oxygens (including phenoxy) is 1. The third kappa shape index (κ3) is 3.29. The molecule has 0 bridgehead atoms. The Hall–Kier alpha value is -1.75. The van der Waals surface area contributed by atoms with Gasteiger partial charge in [0.25, 0.3) is 0 Å². The van der Waals surface area contributed by atoms with Crippen molar-refractivity contribution in [3.05, 3.63) is 57.8 Å². The van der Waals surface area contributed by atoms with Crippen LogP contribution in [0.5, 0.6) is 0 Å². The number of hydrogen-bond acceptors (Lipinski definition) is 3. The maximum Gasteiger partial charge on any atom is 0.316 e. The molecule has 5 heteroatoms. The molecule has 1 atom stereocenters. The molecule has 2 aromatic rings. The summed E-state index contributed by atoms with van der Waals surface area (Å²) in [6.07, 6.45) is 0.268. The maximum atomic E-state index is 14.1. The fourth-order valence-electron chi connectivity index (χ4n) is 2.25. The molecule has 112 valence electrons. The largest absolute Gasteiger partial charge is 0.465 e. The van der Waals surface area contributed by atoms with Crippen molar-refractivity contribution < 1.29 is 18.3 Å². The summed E-state index contributed by atoms with van der Waals surface area (Å²) < 4.78 is 32.7. The fourth-order valence-corrected chi connectivity index (χ4v) is 3.11. The number of thiophene rings is 1. The van der Waals surface area contributed by atoms with Crippen molar-refractivity contribution >= 4 is 17.3 Å². The van der Waals surface area contributed by atoms with Crippen LogP contribution in [0, 0.1) is 11.6 Å². The van der Waals surface area contributed by atoms with Gasteiger partial charge in [-0.25, -0.2) is 8.78 Å². The van der Waals surface area contributed by atoms with Gasteiger partial charge in [0.1, 0.15) is 11.6 Å². The second-order valence-electron chi connectivity index (χ2n) is 4.93. The van der Waals surface area contributed by atoms with E-state index in [0.717, 1.165) is 23.1 Å². The standard InChI is InChI=1S/C16H16F2O2S/c1-3-20-15(19)16(2,10-12-5-4-8-21-12)13-9-11(17)6-7-14(13)18/h4-9H,3,10H2,1-2H3. The van der Waals surface area contributed by atoms with Crippen LogP contribution in [0.25, 0.3) is 0 Å². The van der Waals surface area contributed by atoms with Crippen molar-refractivity contribution in [3.8, 4) is 0 Å². The number of carbonyl (C=O) groups excluding carboxylic acids is 1. The average molecular weight is 310 g/mol. The zero-order chi connectivity index (χ0) is 15.5. The fraction of sp³-hybridized carbons (Fsp3) is 0.312. The van der Waals surface area contributed by atoms with E-state index in [2.05, 4.69) is 0 Å². The molecule has 0 saturated heterocycles. The van der Waals surface area contributed by atoms with Gasteiger partial charge in [0.05, 0.1) is 12.0 Å². The van der Waals surface area contributed by atoms with Gasteiger partial charge in [0.15, 0.2) is 0 Å². The van der Waals surface area contributed by atoms with Gasteiger partial charge in [0, 0.05) is 16.9 Å². The molecule has 1 aromatic carbocycles. The summed E-state index contributed by atoms with van der Waals surface area (Å²) in [7, 11) is 0. The molecule has 1 aromatic heterocycles. The minimum atomic E-state index is -1.26. The Balaban J connectivity index is 2.49. The van der Waals surface area contributed by atoms with Gasteiger partial charge in [-0.3, -0.25) is 4.79 Å². The average Bonchev–Trinajstić information content (AvgIpc) is 2.94. The smallest absolute Gasteiger partial charge is 0.316 e. The van der Waals surface area contributed by atoms with E-state index in [1.54, 1.807) is 13.8 Å². The van der Waals surface area contributed by atoms with Crippen LogP contribution in [0.1, 0.15) is 24.3 Å². The highest BCUT2D eigenvalue weighted by molar-refractivity contribution is 7.09. The maximum absolute atomic E-state index is 14.1. The van der Waals surface area contributed by atoms with Crippen molar-refractivity contribution in [1.82, 2.24) is 0 Å². The molecule has 0 aliphatic carbocycles. The third-order valence-electron chi connectivity index (χ3n) is 3.36. The van der Waals surface area contributed by atoms with Gasteiger partial charge < -0.3 is 4.74 Å². The van der Waals surface area contributed by atoms with E-state index in [0.29, 0.717) is 0 Å². The first-order valence-electron chi connectivity index (χ1n) is 6.62. The van der Waals surface area contributed by atoms with E-state index < -0.39 is 23.0 Å². The molecule has 0 amide bonds. The molecule has 2 nitrogen and oxygen atoms in total. The highest BCUT2D eigenvalue weighted by Gasteiger charge is 2.39. The van der Waals surface area contributed by atoms with E-state index in [4.69, 9.17) is 4.74 Å². The van der Waals surface area contributed by atoms with Crippen molar-refractivity contribution in [2.45, 2.75) is 25.7 Å². The van der Waals surface area contributed by atoms with Gasteiger partial charge in [0.2, 0.25) is 0 Å². The van der Waals surface area contributed by atoms with Crippen LogP contribution < -0.4 is 0 Å². The molecular weight excluding hydrogens is 294 g/mol. The molecule has 0 radical (unpaired) electrons. The summed E-state index contributed by atoms with van der Waals surface area (Å²) in [5.41, 5.74) is -1.23. The van der Waals surface area contributed by atoms with E-state index in [9.17, 15) is 13.6 Å². The normalized spacial score (nSPS) is 13.7. The van der Waals surface area contributed by atoms with E-state index in [1.807, 2.05) is 17.5 Å². The molecule has 0 fully saturated rings. The van der Waals surface area contributed by atoms with Crippen LogP contribution in [0.4, 0.5) is 8.78 Å². The van der Waals surface area contributed by atoms with Gasteiger partial charge in [-0.15, -0.1) is 11.3 Å². The number of esters is 1. The van der Waals surface area contributed by atoms with Crippen LogP contribution >= 0.6 is 11.3 Å². The number of benzene rings is 1. The van der Waals surface area contributed by atoms with Crippen LogP contribution in [-0.2, 0) is 21.4 Å². The lowest BCUT2D eigenvalue weighted by Gasteiger charge is -2.27. The Morgan fingerprint density at radius 3 is 2.71 bits per heavy atom. The first-order valence-corrected chi connectivity index (χ1v) is 7.50. The first kappa shape index (κ1) is 15.6. The second kappa shape index (κ2) is 6.35.